The fraction of sp³-hybridized carbons (Fsp3) is 0.611. The van der Waals surface area contributed by atoms with Gasteiger partial charge in [0.1, 0.15) is 0 Å². The third-order valence-electron chi connectivity index (χ3n) is 5.13. The molecule has 2 rings (SSSR count). The summed E-state index contributed by atoms with van der Waals surface area (Å²) >= 11 is 0. The van der Waals surface area contributed by atoms with Gasteiger partial charge in [0.25, 0.3) is 0 Å². The Kier molecular flexibility index (Phi) is 8.67. The molecule has 0 radical (unpaired) electrons. The standard InChI is InChI=1S/C18H29N3O2S.HI/c1-4-18(5-2,15-9-7-6-8-10-15)14-20-17(19-3)21-16-11-12-24(22,23)13-16;/h6-10,16H,4-5,11-14H2,1-3H3,(H2,19,20,21);1H. The number of sulfone groups is 1. The van der Waals surface area contributed by atoms with Gasteiger partial charge in [-0.05, 0) is 24.8 Å². The average Bonchev–Trinajstić information content (AvgIpc) is 2.94. The van der Waals surface area contributed by atoms with E-state index in [-0.39, 0.29) is 46.9 Å². The smallest absolute Gasteiger partial charge is 0.191 e. The second kappa shape index (κ2) is 9.75. The molecule has 1 atom stereocenters. The number of hydrogen-bond acceptors (Lipinski definition) is 3. The minimum atomic E-state index is -2.89. The van der Waals surface area contributed by atoms with E-state index in [1.165, 1.54) is 5.56 Å². The van der Waals surface area contributed by atoms with E-state index >= 15 is 0 Å². The van der Waals surface area contributed by atoms with Crippen LogP contribution in [0.15, 0.2) is 35.3 Å². The van der Waals surface area contributed by atoms with Crippen molar-refractivity contribution in [3.63, 3.8) is 0 Å². The van der Waals surface area contributed by atoms with Crippen molar-refractivity contribution in [3.05, 3.63) is 35.9 Å². The zero-order chi connectivity index (χ0) is 17.6. The summed E-state index contributed by atoms with van der Waals surface area (Å²) in [5.74, 6) is 1.14. The van der Waals surface area contributed by atoms with Crippen molar-refractivity contribution in [2.45, 2.75) is 44.6 Å². The minimum Gasteiger partial charge on any atom is -0.356 e. The van der Waals surface area contributed by atoms with Crippen molar-refractivity contribution in [2.75, 3.05) is 25.1 Å². The van der Waals surface area contributed by atoms with Crippen LogP contribution < -0.4 is 10.6 Å². The zero-order valence-corrected chi connectivity index (χ0v) is 18.4. The Hall–Kier alpha value is -0.830. The molecule has 1 aliphatic heterocycles. The monoisotopic (exact) mass is 479 g/mol. The van der Waals surface area contributed by atoms with Gasteiger partial charge >= 0.3 is 0 Å². The summed E-state index contributed by atoms with van der Waals surface area (Å²) in [7, 11) is -1.17. The lowest BCUT2D eigenvalue weighted by molar-refractivity contribution is 0.389. The van der Waals surface area contributed by atoms with Crippen LogP contribution in [0.25, 0.3) is 0 Å². The fourth-order valence-electron chi connectivity index (χ4n) is 3.35. The van der Waals surface area contributed by atoms with E-state index in [1.807, 2.05) is 6.07 Å². The van der Waals surface area contributed by atoms with Crippen molar-refractivity contribution in [1.82, 2.24) is 10.6 Å². The molecule has 1 aromatic carbocycles. The summed E-state index contributed by atoms with van der Waals surface area (Å²) in [6, 6.07) is 10.5. The van der Waals surface area contributed by atoms with Crippen LogP contribution in [0.3, 0.4) is 0 Å². The van der Waals surface area contributed by atoms with Gasteiger partial charge in [-0.2, -0.15) is 0 Å². The number of halogens is 1. The highest BCUT2D eigenvalue weighted by Gasteiger charge is 2.30. The van der Waals surface area contributed by atoms with Crippen LogP contribution in [0.1, 0.15) is 38.7 Å². The highest BCUT2D eigenvalue weighted by molar-refractivity contribution is 14.0. The molecule has 1 saturated heterocycles. The molecule has 0 bridgehead atoms. The highest BCUT2D eigenvalue weighted by atomic mass is 127. The molecule has 1 unspecified atom stereocenters. The maximum Gasteiger partial charge on any atom is 0.191 e. The van der Waals surface area contributed by atoms with Crippen LogP contribution in [0, 0.1) is 0 Å². The first-order valence-electron chi connectivity index (χ1n) is 8.68. The lowest BCUT2D eigenvalue weighted by Gasteiger charge is -2.33. The van der Waals surface area contributed by atoms with E-state index in [0.717, 1.165) is 19.4 Å². The molecule has 0 amide bonds. The van der Waals surface area contributed by atoms with Crippen LogP contribution in [-0.2, 0) is 15.3 Å². The van der Waals surface area contributed by atoms with Crippen LogP contribution in [0.5, 0.6) is 0 Å². The molecule has 1 heterocycles. The summed E-state index contributed by atoms with van der Waals surface area (Å²) in [5.41, 5.74) is 1.36. The van der Waals surface area contributed by atoms with Gasteiger partial charge in [0, 0.05) is 25.0 Å². The molecule has 2 N–H and O–H groups in total. The molecule has 1 fully saturated rings. The first kappa shape index (κ1) is 22.2. The van der Waals surface area contributed by atoms with Gasteiger partial charge in [0.15, 0.2) is 15.8 Å². The van der Waals surface area contributed by atoms with Gasteiger partial charge < -0.3 is 10.6 Å². The Bertz CT molecular complexity index is 658. The van der Waals surface area contributed by atoms with Crippen LogP contribution in [0.4, 0.5) is 0 Å². The van der Waals surface area contributed by atoms with E-state index in [0.29, 0.717) is 12.4 Å². The molecule has 142 valence electrons. The predicted octanol–water partition coefficient (Wildman–Crippen LogP) is 2.71. The molecule has 0 aliphatic carbocycles. The summed E-state index contributed by atoms with van der Waals surface area (Å²) in [4.78, 5) is 4.26. The Morgan fingerprint density at radius 3 is 2.36 bits per heavy atom. The van der Waals surface area contributed by atoms with Gasteiger partial charge in [-0.25, -0.2) is 8.42 Å². The van der Waals surface area contributed by atoms with Gasteiger partial charge in [-0.1, -0.05) is 44.2 Å². The Morgan fingerprint density at radius 2 is 1.88 bits per heavy atom. The van der Waals surface area contributed by atoms with Gasteiger partial charge in [-0.15, -0.1) is 24.0 Å². The largest absolute Gasteiger partial charge is 0.356 e. The topological polar surface area (TPSA) is 70.6 Å². The quantitative estimate of drug-likeness (QED) is 0.374. The summed E-state index contributed by atoms with van der Waals surface area (Å²) in [6.07, 6.45) is 2.69. The second-order valence-corrected chi connectivity index (χ2v) is 8.75. The third kappa shape index (κ3) is 5.84. The van der Waals surface area contributed by atoms with Gasteiger partial charge in [-0.3, -0.25) is 4.99 Å². The molecule has 25 heavy (non-hydrogen) atoms. The van der Waals surface area contributed by atoms with Gasteiger partial charge in [0.05, 0.1) is 11.5 Å². The number of hydrogen-bond donors (Lipinski definition) is 2. The Morgan fingerprint density at radius 1 is 1.24 bits per heavy atom. The number of aliphatic imine (C=N–C) groups is 1. The lowest BCUT2D eigenvalue weighted by Crippen LogP contribution is -2.48. The minimum absolute atomic E-state index is 0. The Labute approximate surface area is 169 Å². The summed E-state index contributed by atoms with van der Waals surface area (Å²) in [5, 5.41) is 6.66. The van der Waals surface area contributed by atoms with Crippen LogP contribution in [-0.4, -0.2) is 45.5 Å². The number of nitrogens with one attached hydrogen (secondary N) is 2. The summed E-state index contributed by atoms with van der Waals surface area (Å²) < 4.78 is 23.2. The number of nitrogens with zero attached hydrogens (tertiary/aromatic N) is 1. The van der Waals surface area contributed by atoms with Gasteiger partial charge in [0.2, 0.25) is 0 Å². The SMILES string of the molecule is CCC(CC)(CNC(=NC)NC1CCS(=O)(=O)C1)c1ccccc1.I. The molecule has 1 aliphatic rings. The molecule has 1 aromatic rings. The second-order valence-electron chi connectivity index (χ2n) is 6.52. The molecule has 0 saturated carbocycles. The van der Waals surface area contributed by atoms with E-state index in [4.69, 9.17) is 0 Å². The van der Waals surface area contributed by atoms with Crippen molar-refractivity contribution in [2.24, 2.45) is 4.99 Å². The maximum atomic E-state index is 11.6. The first-order chi connectivity index (χ1) is 11.4. The fourth-order valence-corrected chi connectivity index (χ4v) is 5.03. The normalized spacial score (nSPS) is 20.0. The zero-order valence-electron chi connectivity index (χ0n) is 15.3. The predicted molar refractivity (Wildman–Crippen MR) is 116 cm³/mol. The van der Waals surface area contributed by atoms with Crippen molar-refractivity contribution in [3.8, 4) is 0 Å². The van der Waals surface area contributed by atoms with Crippen molar-refractivity contribution in [1.29, 1.82) is 0 Å². The van der Waals surface area contributed by atoms with E-state index < -0.39 is 9.84 Å². The van der Waals surface area contributed by atoms with E-state index in [1.54, 1.807) is 7.05 Å². The van der Waals surface area contributed by atoms with Crippen LogP contribution in [0.2, 0.25) is 0 Å². The first-order valence-corrected chi connectivity index (χ1v) is 10.5. The van der Waals surface area contributed by atoms with E-state index in [2.05, 4.69) is 53.7 Å². The molecule has 7 heteroatoms. The molecular weight excluding hydrogens is 449 g/mol. The van der Waals surface area contributed by atoms with Crippen LogP contribution >= 0.6 is 24.0 Å². The summed E-state index contributed by atoms with van der Waals surface area (Å²) in [6.45, 7) is 5.18. The number of rotatable bonds is 6. The number of guanidine groups is 1. The van der Waals surface area contributed by atoms with Crippen molar-refractivity contribution < 1.29 is 8.42 Å². The highest BCUT2D eigenvalue weighted by Crippen LogP contribution is 2.30. The molecule has 0 aromatic heterocycles. The molecular formula is C18H30IN3O2S. The van der Waals surface area contributed by atoms with E-state index in [9.17, 15) is 8.42 Å². The molecule has 0 spiro atoms. The third-order valence-corrected chi connectivity index (χ3v) is 6.90. The Balaban J connectivity index is 0.00000312. The average molecular weight is 479 g/mol. The lowest BCUT2D eigenvalue weighted by atomic mass is 9.76. The van der Waals surface area contributed by atoms with Crippen molar-refractivity contribution >= 4 is 39.8 Å². The maximum absolute atomic E-state index is 11.6. The number of benzene rings is 1. The molecule has 5 nitrogen and oxygen atoms in total.